The average molecular weight is 514 g/mol. The quantitative estimate of drug-likeness (QED) is 0.218. The van der Waals surface area contributed by atoms with Crippen LogP contribution in [0.3, 0.4) is 0 Å². The zero-order valence-electron chi connectivity index (χ0n) is 17.5. The van der Waals surface area contributed by atoms with Crippen molar-refractivity contribution in [1.82, 2.24) is 15.5 Å². The molecule has 0 aliphatic heterocycles. The highest BCUT2D eigenvalue weighted by Crippen LogP contribution is 2.12. The molecule has 0 bridgehead atoms. The topological polar surface area (TPSA) is 48.9 Å². The summed E-state index contributed by atoms with van der Waals surface area (Å²) in [5.74, 6) is 1.35. The van der Waals surface area contributed by atoms with Gasteiger partial charge in [-0.15, -0.1) is 24.0 Å². The van der Waals surface area contributed by atoms with E-state index in [-0.39, 0.29) is 29.8 Å². The average Bonchev–Trinajstić information content (AvgIpc) is 2.68. The highest BCUT2D eigenvalue weighted by Gasteiger charge is 2.01. The minimum absolute atomic E-state index is 0. The van der Waals surface area contributed by atoms with Crippen LogP contribution < -0.4 is 15.4 Å². The van der Waals surface area contributed by atoms with Gasteiger partial charge in [0.1, 0.15) is 11.6 Å². The maximum Gasteiger partial charge on any atom is 0.191 e. The minimum Gasteiger partial charge on any atom is -0.494 e. The Balaban J connectivity index is 0.00000420. The summed E-state index contributed by atoms with van der Waals surface area (Å²) in [6.07, 6.45) is 1.00. The Morgan fingerprint density at radius 2 is 1.83 bits per heavy atom. The number of guanidine groups is 1. The Labute approximate surface area is 190 Å². The number of ether oxygens (including phenoxy) is 1. The van der Waals surface area contributed by atoms with Crippen molar-refractivity contribution in [1.29, 1.82) is 0 Å². The van der Waals surface area contributed by atoms with Crippen LogP contribution in [-0.2, 0) is 13.1 Å². The molecule has 29 heavy (non-hydrogen) atoms. The van der Waals surface area contributed by atoms with Crippen molar-refractivity contribution in [2.45, 2.75) is 26.4 Å². The number of nitrogens with zero attached hydrogens (tertiary/aromatic N) is 2. The monoisotopic (exact) mass is 514 g/mol. The molecule has 0 aliphatic carbocycles. The number of aliphatic imine (C=N–C) groups is 1. The lowest BCUT2D eigenvalue weighted by molar-refractivity contribution is 0.281. The molecule has 2 aromatic carbocycles. The zero-order chi connectivity index (χ0) is 20.2. The van der Waals surface area contributed by atoms with Gasteiger partial charge in [0, 0.05) is 19.6 Å². The summed E-state index contributed by atoms with van der Waals surface area (Å²) in [6, 6.07) is 14.6. The normalized spacial score (nSPS) is 11.1. The van der Waals surface area contributed by atoms with Crippen LogP contribution in [0.15, 0.2) is 53.5 Å². The van der Waals surface area contributed by atoms with Gasteiger partial charge in [-0.05, 0) is 62.8 Å². The van der Waals surface area contributed by atoms with Gasteiger partial charge in [0.25, 0.3) is 0 Å². The van der Waals surface area contributed by atoms with Gasteiger partial charge in [-0.25, -0.2) is 9.38 Å². The fraction of sp³-hybridized carbons (Fsp3) is 0.409. The molecular formula is C22H32FIN4O. The first-order valence-electron chi connectivity index (χ1n) is 9.70. The molecule has 0 unspecified atom stereocenters. The van der Waals surface area contributed by atoms with E-state index >= 15 is 0 Å². The van der Waals surface area contributed by atoms with Crippen LogP contribution >= 0.6 is 24.0 Å². The lowest BCUT2D eigenvalue weighted by atomic mass is 10.2. The van der Waals surface area contributed by atoms with E-state index in [0.29, 0.717) is 25.7 Å². The third-order valence-electron chi connectivity index (χ3n) is 4.05. The van der Waals surface area contributed by atoms with Crippen molar-refractivity contribution in [2.24, 2.45) is 4.99 Å². The van der Waals surface area contributed by atoms with Crippen LogP contribution in [0.4, 0.5) is 4.39 Å². The van der Waals surface area contributed by atoms with E-state index in [1.807, 2.05) is 37.3 Å². The van der Waals surface area contributed by atoms with Gasteiger partial charge in [0.05, 0.1) is 13.2 Å². The number of hydrogen-bond donors (Lipinski definition) is 2. The molecule has 0 spiro atoms. The second kappa shape index (κ2) is 14.2. The third-order valence-corrected chi connectivity index (χ3v) is 4.05. The van der Waals surface area contributed by atoms with Crippen molar-refractivity contribution in [3.05, 3.63) is 65.5 Å². The van der Waals surface area contributed by atoms with Crippen molar-refractivity contribution in [3.8, 4) is 5.75 Å². The fourth-order valence-electron chi connectivity index (χ4n) is 2.61. The number of halogens is 2. The number of hydrogen-bond acceptors (Lipinski definition) is 3. The number of nitrogens with one attached hydrogen (secondary N) is 2. The smallest absolute Gasteiger partial charge is 0.191 e. The Morgan fingerprint density at radius 3 is 2.48 bits per heavy atom. The molecule has 0 radical (unpaired) electrons. The summed E-state index contributed by atoms with van der Waals surface area (Å²) in [5, 5.41) is 6.51. The summed E-state index contributed by atoms with van der Waals surface area (Å²) < 4.78 is 19.0. The predicted octanol–water partition coefficient (Wildman–Crippen LogP) is 4.03. The summed E-state index contributed by atoms with van der Waals surface area (Å²) >= 11 is 0. The molecule has 5 nitrogen and oxygen atoms in total. The zero-order valence-corrected chi connectivity index (χ0v) is 19.8. The summed E-state index contributed by atoms with van der Waals surface area (Å²) in [4.78, 5) is 6.67. The first kappa shape index (κ1) is 25.2. The van der Waals surface area contributed by atoms with Gasteiger partial charge in [0.2, 0.25) is 0 Å². The highest BCUT2D eigenvalue weighted by molar-refractivity contribution is 14.0. The molecule has 160 valence electrons. The van der Waals surface area contributed by atoms with Crippen molar-refractivity contribution >= 4 is 29.9 Å². The predicted molar refractivity (Wildman–Crippen MR) is 129 cm³/mol. The summed E-state index contributed by atoms with van der Waals surface area (Å²) in [6.45, 7) is 5.58. The lowest BCUT2D eigenvalue weighted by Gasteiger charge is -2.12. The van der Waals surface area contributed by atoms with Gasteiger partial charge < -0.3 is 20.3 Å². The van der Waals surface area contributed by atoms with Crippen LogP contribution in [0.25, 0.3) is 0 Å². The Morgan fingerprint density at radius 1 is 1.07 bits per heavy atom. The van der Waals surface area contributed by atoms with Gasteiger partial charge >= 0.3 is 0 Å². The number of rotatable bonds is 10. The van der Waals surface area contributed by atoms with Crippen LogP contribution in [0.2, 0.25) is 0 Å². The molecule has 0 aromatic heterocycles. The largest absolute Gasteiger partial charge is 0.494 e. The third kappa shape index (κ3) is 10.5. The van der Waals surface area contributed by atoms with Crippen LogP contribution in [-0.4, -0.2) is 44.7 Å². The molecule has 0 amide bonds. The summed E-state index contributed by atoms with van der Waals surface area (Å²) in [7, 11) is 4.12. The molecule has 0 atom stereocenters. The van der Waals surface area contributed by atoms with Gasteiger partial charge in [-0.3, -0.25) is 0 Å². The van der Waals surface area contributed by atoms with Gasteiger partial charge in [-0.2, -0.15) is 0 Å². The molecular weight excluding hydrogens is 482 g/mol. The number of benzene rings is 2. The molecule has 0 saturated carbocycles. The van der Waals surface area contributed by atoms with E-state index in [4.69, 9.17) is 4.74 Å². The first-order chi connectivity index (χ1) is 13.6. The van der Waals surface area contributed by atoms with E-state index < -0.39 is 0 Å². The highest BCUT2D eigenvalue weighted by atomic mass is 127. The summed E-state index contributed by atoms with van der Waals surface area (Å²) in [5.41, 5.74) is 1.98. The van der Waals surface area contributed by atoms with Gasteiger partial charge in [-0.1, -0.05) is 24.3 Å². The van der Waals surface area contributed by atoms with Crippen LogP contribution in [0.5, 0.6) is 5.75 Å². The Kier molecular flexibility index (Phi) is 12.3. The van der Waals surface area contributed by atoms with E-state index in [1.165, 1.54) is 12.1 Å². The molecule has 2 N–H and O–H groups in total. The second-order valence-corrected chi connectivity index (χ2v) is 6.83. The Bertz CT molecular complexity index is 738. The van der Waals surface area contributed by atoms with Gasteiger partial charge in [0.15, 0.2) is 5.96 Å². The molecule has 0 fully saturated rings. The van der Waals surface area contributed by atoms with Crippen LogP contribution in [0, 0.1) is 5.82 Å². The van der Waals surface area contributed by atoms with Crippen molar-refractivity contribution in [3.63, 3.8) is 0 Å². The van der Waals surface area contributed by atoms with Crippen LogP contribution in [0.1, 0.15) is 24.5 Å². The standard InChI is InChI=1S/C22H31FN4O.HI/c1-4-24-22(26-17-19-7-5-8-20(23)15-19)25-16-18-9-11-21(12-10-18)28-14-6-13-27(2)3;/h5,7-12,15H,4,6,13-14,16-17H2,1-3H3,(H2,24,25,26);1H. The maximum atomic E-state index is 13.3. The second-order valence-electron chi connectivity index (χ2n) is 6.83. The van der Waals surface area contributed by atoms with E-state index in [2.05, 4.69) is 34.6 Å². The van der Waals surface area contributed by atoms with E-state index in [1.54, 1.807) is 6.07 Å². The maximum absolute atomic E-state index is 13.3. The molecule has 2 rings (SSSR count). The molecule has 0 heterocycles. The van der Waals surface area contributed by atoms with Crippen molar-refractivity contribution in [2.75, 3.05) is 33.8 Å². The van der Waals surface area contributed by atoms with E-state index in [9.17, 15) is 4.39 Å². The SMILES string of the molecule is CCNC(=NCc1cccc(F)c1)NCc1ccc(OCCCN(C)C)cc1.I. The molecule has 7 heteroatoms. The van der Waals surface area contributed by atoms with E-state index in [0.717, 1.165) is 36.4 Å². The molecule has 0 aliphatic rings. The fourth-order valence-corrected chi connectivity index (χ4v) is 2.61. The first-order valence-corrected chi connectivity index (χ1v) is 9.70. The van der Waals surface area contributed by atoms with Crippen molar-refractivity contribution < 1.29 is 9.13 Å². The molecule has 2 aromatic rings. The molecule has 0 saturated heterocycles. The minimum atomic E-state index is -0.241. The Hall–Kier alpha value is -1.87. The lowest BCUT2D eigenvalue weighted by Crippen LogP contribution is -2.36.